The van der Waals surface area contributed by atoms with Crippen molar-refractivity contribution in [2.75, 3.05) is 5.75 Å². The third-order valence-corrected chi connectivity index (χ3v) is 4.03. The molecule has 0 saturated carbocycles. The highest BCUT2D eigenvalue weighted by molar-refractivity contribution is 8.10. The van der Waals surface area contributed by atoms with Crippen molar-refractivity contribution in [3.8, 4) is 0 Å². The lowest BCUT2D eigenvalue weighted by atomic mass is 10.4. The lowest BCUT2D eigenvalue weighted by molar-refractivity contribution is 0.391. The Labute approximate surface area is 75.6 Å². The molecule has 0 aliphatic rings. The summed E-state index contributed by atoms with van der Waals surface area (Å²) in [6.45, 7) is 1.36. The van der Waals surface area contributed by atoms with Crippen molar-refractivity contribution in [3.05, 3.63) is 30.1 Å². The molecule has 13 heavy (non-hydrogen) atoms. The second-order valence-electron chi connectivity index (χ2n) is 2.76. The largest absolute Gasteiger partial charge is 0.304 e. The van der Waals surface area contributed by atoms with Crippen molar-refractivity contribution in [2.24, 2.45) is 0 Å². The van der Waals surface area contributed by atoms with Gasteiger partial charge in [0.2, 0.25) is 0 Å². The molecule has 0 amide bonds. The Morgan fingerprint density at radius 2 is 2.08 bits per heavy atom. The fourth-order valence-corrected chi connectivity index (χ4v) is 1.92. The number of hydrogen-bond donors (Lipinski definition) is 2. The van der Waals surface area contributed by atoms with Gasteiger partial charge in [-0.3, -0.25) is 0 Å². The fourth-order valence-electron chi connectivity index (χ4n) is 0.889. The summed E-state index contributed by atoms with van der Waals surface area (Å²) in [7, 11) is -4.79. The van der Waals surface area contributed by atoms with Gasteiger partial charge < -0.3 is 9.11 Å². The maximum atomic E-state index is 12.7. The molecule has 2 N–H and O–H groups in total. The molecule has 0 aliphatic carbocycles. The Kier molecular flexibility index (Phi) is 2.27. The van der Waals surface area contributed by atoms with Gasteiger partial charge in [0, 0.05) is 5.75 Å². The van der Waals surface area contributed by atoms with Gasteiger partial charge in [-0.2, -0.15) is 0 Å². The summed E-state index contributed by atoms with van der Waals surface area (Å²) in [5.41, 5.74) is 0. The second kappa shape index (κ2) is 2.87. The van der Waals surface area contributed by atoms with Crippen LogP contribution in [0.1, 0.15) is 6.92 Å². The van der Waals surface area contributed by atoms with Crippen LogP contribution in [-0.2, 0) is 9.63 Å². The predicted molar refractivity (Wildman–Crippen MR) is 48.6 cm³/mol. The smallest absolute Gasteiger partial charge is 0.124 e. The average molecular weight is 206 g/mol. The van der Waals surface area contributed by atoms with Gasteiger partial charge in [0.05, 0.1) is 4.90 Å². The van der Waals surface area contributed by atoms with Gasteiger partial charge in [-0.25, -0.2) is 8.60 Å². The zero-order valence-electron chi connectivity index (χ0n) is 7.11. The first kappa shape index (κ1) is 10.3. The second-order valence-corrected chi connectivity index (χ2v) is 5.85. The normalized spacial score (nSPS) is 14.9. The molecule has 0 fully saturated rings. The lowest BCUT2D eigenvalue weighted by Crippen LogP contribution is -2.33. The fraction of sp³-hybridized carbons (Fsp3) is 0.250. The van der Waals surface area contributed by atoms with E-state index in [1.54, 1.807) is 0 Å². The van der Waals surface area contributed by atoms with Gasteiger partial charge >= 0.3 is 0 Å². The Bertz CT molecular complexity index is 383. The van der Waals surface area contributed by atoms with E-state index in [0.717, 1.165) is 12.1 Å². The van der Waals surface area contributed by atoms with E-state index < -0.39 is 15.4 Å². The molecule has 0 unspecified atom stereocenters. The van der Waals surface area contributed by atoms with Crippen molar-refractivity contribution in [1.29, 1.82) is 0 Å². The summed E-state index contributed by atoms with van der Waals surface area (Å²) >= 11 is 0. The van der Waals surface area contributed by atoms with Gasteiger partial charge in [-0.05, 0) is 18.2 Å². The zero-order chi connectivity index (χ0) is 10.1. The SMILES string of the molecule is CCS(=O)(O)(O)c1cccc(F)c1. The van der Waals surface area contributed by atoms with E-state index in [1.165, 1.54) is 19.1 Å². The van der Waals surface area contributed by atoms with E-state index in [0.29, 0.717) is 0 Å². The topological polar surface area (TPSA) is 57.5 Å². The van der Waals surface area contributed by atoms with Crippen LogP contribution in [0.2, 0.25) is 0 Å². The Morgan fingerprint density at radius 1 is 1.46 bits per heavy atom. The number of hydrogen-bond acceptors (Lipinski definition) is 1. The van der Waals surface area contributed by atoms with E-state index in [2.05, 4.69) is 0 Å². The van der Waals surface area contributed by atoms with Crippen LogP contribution in [0.4, 0.5) is 4.39 Å². The van der Waals surface area contributed by atoms with Crippen LogP contribution in [-0.4, -0.2) is 19.1 Å². The molecule has 3 nitrogen and oxygen atoms in total. The minimum atomic E-state index is -4.79. The first-order valence-corrected chi connectivity index (χ1v) is 5.79. The number of halogens is 1. The van der Waals surface area contributed by atoms with Crippen molar-refractivity contribution in [1.82, 2.24) is 0 Å². The third kappa shape index (κ3) is 2.12. The molecule has 1 rings (SSSR count). The average Bonchev–Trinajstić information content (AvgIpc) is 2.04. The molecule has 0 spiro atoms. The summed E-state index contributed by atoms with van der Waals surface area (Å²) in [4.78, 5) is -0.278. The summed E-state index contributed by atoms with van der Waals surface area (Å²) in [6, 6.07) is 4.50. The molecule has 74 valence electrons. The summed E-state index contributed by atoms with van der Waals surface area (Å²) in [5.74, 6) is -0.992. The van der Waals surface area contributed by atoms with Crippen molar-refractivity contribution in [3.63, 3.8) is 0 Å². The molecule has 0 aliphatic heterocycles. The molecule has 1 aromatic rings. The van der Waals surface area contributed by atoms with Gasteiger partial charge in [0.15, 0.2) is 0 Å². The maximum absolute atomic E-state index is 12.7. The molecule has 5 heteroatoms. The van der Waals surface area contributed by atoms with Gasteiger partial charge in [-0.15, -0.1) is 0 Å². The molecule has 1 aromatic carbocycles. The molecule has 0 radical (unpaired) electrons. The minimum absolute atomic E-state index is 0.278. The van der Waals surface area contributed by atoms with E-state index in [1.807, 2.05) is 0 Å². The van der Waals surface area contributed by atoms with E-state index in [4.69, 9.17) is 0 Å². The van der Waals surface area contributed by atoms with Gasteiger partial charge in [0.25, 0.3) is 0 Å². The van der Waals surface area contributed by atoms with Gasteiger partial charge in [0.1, 0.15) is 15.4 Å². The highest BCUT2D eigenvalue weighted by atomic mass is 32.3. The van der Waals surface area contributed by atoms with E-state index >= 15 is 0 Å². The molecular formula is C8H11FO3S. The summed E-state index contributed by atoms with van der Waals surface area (Å²) in [5, 5.41) is 0. The van der Waals surface area contributed by atoms with Crippen LogP contribution in [0, 0.1) is 5.82 Å². The van der Waals surface area contributed by atoms with Crippen molar-refractivity contribution >= 4 is 9.63 Å². The molecule has 0 bridgehead atoms. The summed E-state index contributed by atoms with van der Waals surface area (Å²) < 4.78 is 42.8. The number of rotatable bonds is 2. The van der Waals surface area contributed by atoms with E-state index in [-0.39, 0.29) is 10.6 Å². The molecule has 0 atom stereocenters. The van der Waals surface area contributed by atoms with Crippen LogP contribution in [0.3, 0.4) is 0 Å². The quantitative estimate of drug-likeness (QED) is 0.777. The van der Waals surface area contributed by atoms with Crippen LogP contribution >= 0.6 is 0 Å². The van der Waals surface area contributed by atoms with Crippen molar-refractivity contribution in [2.45, 2.75) is 11.8 Å². The monoisotopic (exact) mass is 206 g/mol. The first-order chi connectivity index (χ1) is 5.83. The lowest BCUT2D eigenvalue weighted by Gasteiger charge is -2.29. The Hall–Kier alpha value is -0.780. The van der Waals surface area contributed by atoms with Crippen LogP contribution < -0.4 is 0 Å². The first-order valence-electron chi connectivity index (χ1n) is 3.74. The molecular weight excluding hydrogens is 195 g/mol. The van der Waals surface area contributed by atoms with Crippen LogP contribution in [0.15, 0.2) is 29.2 Å². The highest BCUT2D eigenvalue weighted by Gasteiger charge is 2.30. The standard InChI is InChI=1S/C8H11FO3S/c1-2-13(10,11,12)8-5-3-4-7(9)6-8/h3-6H,2H2,1H3,(H2,10,11,12). The Morgan fingerprint density at radius 3 is 2.54 bits per heavy atom. The van der Waals surface area contributed by atoms with Crippen molar-refractivity contribution < 1.29 is 17.7 Å². The highest BCUT2D eigenvalue weighted by Crippen LogP contribution is 2.28. The Balaban J connectivity index is 3.31. The third-order valence-electron chi connectivity index (χ3n) is 1.79. The number of benzene rings is 1. The van der Waals surface area contributed by atoms with Crippen LogP contribution in [0.25, 0.3) is 0 Å². The molecule has 0 aromatic heterocycles. The summed E-state index contributed by atoms with van der Waals surface area (Å²) in [6.07, 6.45) is 0. The van der Waals surface area contributed by atoms with Crippen LogP contribution in [0.5, 0.6) is 0 Å². The van der Waals surface area contributed by atoms with E-state index in [9.17, 15) is 17.7 Å². The van der Waals surface area contributed by atoms with Gasteiger partial charge in [-0.1, -0.05) is 13.0 Å². The zero-order valence-corrected chi connectivity index (χ0v) is 7.92. The predicted octanol–water partition coefficient (Wildman–Crippen LogP) is 1.97. The molecule has 0 heterocycles. The maximum Gasteiger partial charge on any atom is 0.124 e. The minimum Gasteiger partial charge on any atom is -0.304 e. The molecule has 0 saturated heterocycles.